The molecule has 2 rings (SSSR count). The summed E-state index contributed by atoms with van der Waals surface area (Å²) in [6.07, 6.45) is 3.30. The van der Waals surface area contributed by atoms with Crippen molar-refractivity contribution in [1.29, 1.82) is 0 Å². The van der Waals surface area contributed by atoms with Gasteiger partial charge in [-0.25, -0.2) is 14.8 Å². The summed E-state index contributed by atoms with van der Waals surface area (Å²) in [5.41, 5.74) is 6.45. The summed E-state index contributed by atoms with van der Waals surface area (Å²) >= 11 is 0. The van der Waals surface area contributed by atoms with Crippen LogP contribution >= 0.6 is 0 Å². The fraction of sp³-hybridized carbons (Fsp3) is 0.500. The Bertz CT molecular complexity index is 528. The van der Waals surface area contributed by atoms with Crippen molar-refractivity contribution in [2.45, 2.75) is 18.9 Å². The number of carboxylic acid groups (broad SMARTS) is 1. The first kappa shape index (κ1) is 14.8. The van der Waals surface area contributed by atoms with E-state index in [-0.39, 0.29) is 6.04 Å². The van der Waals surface area contributed by atoms with Gasteiger partial charge < -0.3 is 25.9 Å². The Balaban J connectivity index is 2.11. The first-order valence-corrected chi connectivity index (χ1v) is 6.53. The molecule has 2 heterocycles. The summed E-state index contributed by atoms with van der Waals surface area (Å²) in [6, 6.07) is -0.0333. The summed E-state index contributed by atoms with van der Waals surface area (Å²) in [4.78, 5) is 25.5. The van der Waals surface area contributed by atoms with E-state index in [4.69, 9.17) is 10.8 Å². The predicted molar refractivity (Wildman–Crippen MR) is 77.4 cm³/mol. The van der Waals surface area contributed by atoms with Crippen molar-refractivity contribution >= 4 is 23.9 Å². The molecule has 0 unspecified atom stereocenters. The number of hydrogen-bond acceptors (Lipinski definition) is 7. The molecule has 21 heavy (non-hydrogen) atoms. The van der Waals surface area contributed by atoms with Gasteiger partial charge in [-0.05, 0) is 12.8 Å². The van der Waals surface area contributed by atoms with E-state index in [1.54, 1.807) is 0 Å². The van der Waals surface area contributed by atoms with Crippen molar-refractivity contribution in [2.24, 2.45) is 5.16 Å². The van der Waals surface area contributed by atoms with Gasteiger partial charge in [0.2, 0.25) is 0 Å². The zero-order chi connectivity index (χ0) is 15.2. The number of piperidine rings is 1. The van der Waals surface area contributed by atoms with Crippen LogP contribution in [0.25, 0.3) is 0 Å². The number of nitrogens with one attached hydrogen (secondary N) is 1. The molecule has 9 heteroatoms. The number of rotatable bonds is 4. The van der Waals surface area contributed by atoms with Gasteiger partial charge in [-0.3, -0.25) is 0 Å². The van der Waals surface area contributed by atoms with Crippen LogP contribution in [0, 0.1) is 0 Å². The van der Waals surface area contributed by atoms with Gasteiger partial charge in [0.05, 0.1) is 11.8 Å². The van der Waals surface area contributed by atoms with E-state index in [2.05, 4.69) is 25.3 Å². The first-order valence-electron chi connectivity index (χ1n) is 6.53. The minimum atomic E-state index is -0.993. The highest BCUT2D eigenvalue weighted by atomic mass is 16.6. The normalized spacial score (nSPS) is 16.1. The van der Waals surface area contributed by atoms with Crippen molar-refractivity contribution in [2.75, 3.05) is 30.8 Å². The molecular weight excluding hydrogens is 276 g/mol. The van der Waals surface area contributed by atoms with Gasteiger partial charge in [0.15, 0.2) is 0 Å². The van der Waals surface area contributed by atoms with Crippen molar-refractivity contribution < 1.29 is 14.7 Å². The number of nitrogen functional groups attached to an aromatic ring is 1. The summed E-state index contributed by atoms with van der Waals surface area (Å²) in [6.45, 7) is 1.35. The highest BCUT2D eigenvalue weighted by Crippen LogP contribution is 2.23. The fourth-order valence-electron chi connectivity index (χ4n) is 2.29. The second kappa shape index (κ2) is 6.73. The molecule has 9 nitrogen and oxygen atoms in total. The SMILES string of the molecule is CON=Cc1c(N)ncnc1N1CCC(NC(=O)O)CC1. The van der Waals surface area contributed by atoms with Crippen molar-refractivity contribution in [1.82, 2.24) is 15.3 Å². The van der Waals surface area contributed by atoms with Gasteiger partial charge in [-0.2, -0.15) is 0 Å². The maximum absolute atomic E-state index is 10.6. The van der Waals surface area contributed by atoms with Crippen LogP contribution < -0.4 is 16.0 Å². The van der Waals surface area contributed by atoms with E-state index in [0.29, 0.717) is 43.1 Å². The molecule has 1 aromatic rings. The number of nitrogens with two attached hydrogens (primary N) is 1. The van der Waals surface area contributed by atoms with E-state index in [1.807, 2.05) is 4.90 Å². The van der Waals surface area contributed by atoms with E-state index in [9.17, 15) is 4.79 Å². The summed E-state index contributed by atoms with van der Waals surface area (Å²) < 4.78 is 0. The number of amides is 1. The Morgan fingerprint density at radius 1 is 1.57 bits per heavy atom. The second-order valence-electron chi connectivity index (χ2n) is 4.62. The van der Waals surface area contributed by atoms with Crippen molar-refractivity contribution in [3.8, 4) is 0 Å². The summed E-state index contributed by atoms with van der Waals surface area (Å²) in [7, 11) is 1.44. The molecule has 0 saturated carbocycles. The third-order valence-electron chi connectivity index (χ3n) is 3.30. The number of hydrogen-bond donors (Lipinski definition) is 3. The number of nitrogens with zero attached hydrogens (tertiary/aromatic N) is 4. The first-order chi connectivity index (χ1) is 10.1. The van der Waals surface area contributed by atoms with E-state index < -0.39 is 6.09 Å². The third kappa shape index (κ3) is 3.71. The van der Waals surface area contributed by atoms with Gasteiger partial charge in [-0.1, -0.05) is 5.16 Å². The lowest BCUT2D eigenvalue weighted by molar-refractivity contribution is 0.187. The molecule has 0 spiro atoms. The van der Waals surface area contributed by atoms with Crippen LogP contribution in [0.4, 0.5) is 16.4 Å². The van der Waals surface area contributed by atoms with E-state index in [0.717, 1.165) is 0 Å². The Kier molecular flexibility index (Phi) is 4.75. The van der Waals surface area contributed by atoms with Crippen LogP contribution in [0.1, 0.15) is 18.4 Å². The standard InChI is InChI=1S/C12H18N6O3/c1-21-16-6-9-10(13)14-7-15-11(9)18-4-2-8(3-5-18)17-12(19)20/h6-8,17H,2-5H2,1H3,(H,19,20)(H2,13,14,15). The van der Waals surface area contributed by atoms with Gasteiger partial charge in [0.25, 0.3) is 0 Å². The third-order valence-corrected chi connectivity index (χ3v) is 3.30. The Hall–Kier alpha value is -2.58. The van der Waals surface area contributed by atoms with Crippen LogP contribution in [0.5, 0.6) is 0 Å². The molecule has 0 bridgehead atoms. The predicted octanol–water partition coefficient (Wildman–Crippen LogP) is 0.276. The molecule has 1 amide bonds. The molecule has 1 aliphatic heterocycles. The molecule has 1 aliphatic rings. The monoisotopic (exact) mass is 294 g/mol. The molecule has 1 fully saturated rings. The largest absolute Gasteiger partial charge is 0.465 e. The van der Waals surface area contributed by atoms with Gasteiger partial charge in [0, 0.05) is 19.1 Å². The zero-order valence-corrected chi connectivity index (χ0v) is 11.7. The number of aromatic nitrogens is 2. The van der Waals surface area contributed by atoms with Crippen molar-refractivity contribution in [3.05, 3.63) is 11.9 Å². The number of anilines is 2. The van der Waals surface area contributed by atoms with Gasteiger partial charge >= 0.3 is 6.09 Å². The van der Waals surface area contributed by atoms with Crippen LogP contribution in [0.2, 0.25) is 0 Å². The quantitative estimate of drug-likeness (QED) is 0.537. The summed E-state index contributed by atoms with van der Waals surface area (Å²) in [5, 5.41) is 14.9. The average Bonchev–Trinajstić information content (AvgIpc) is 2.46. The maximum atomic E-state index is 10.6. The lowest BCUT2D eigenvalue weighted by Gasteiger charge is -2.33. The lowest BCUT2D eigenvalue weighted by Crippen LogP contribution is -2.44. The highest BCUT2D eigenvalue weighted by Gasteiger charge is 2.23. The molecular formula is C12H18N6O3. The molecule has 1 aromatic heterocycles. The topological polar surface area (TPSA) is 126 Å². The summed E-state index contributed by atoms with van der Waals surface area (Å²) in [5.74, 6) is 1.00. The minimum absolute atomic E-state index is 0.0333. The van der Waals surface area contributed by atoms with Crippen LogP contribution in [-0.2, 0) is 4.84 Å². The van der Waals surface area contributed by atoms with Crippen molar-refractivity contribution in [3.63, 3.8) is 0 Å². The zero-order valence-electron chi connectivity index (χ0n) is 11.7. The number of oxime groups is 1. The van der Waals surface area contributed by atoms with Gasteiger partial charge in [-0.15, -0.1) is 0 Å². The van der Waals surface area contributed by atoms with Crippen LogP contribution in [-0.4, -0.2) is 53.6 Å². The smallest absolute Gasteiger partial charge is 0.404 e. The van der Waals surface area contributed by atoms with Gasteiger partial charge in [0.1, 0.15) is 25.1 Å². The maximum Gasteiger partial charge on any atom is 0.404 e. The highest BCUT2D eigenvalue weighted by molar-refractivity contribution is 5.91. The molecule has 0 aliphatic carbocycles. The molecule has 0 aromatic carbocycles. The lowest BCUT2D eigenvalue weighted by atomic mass is 10.0. The van der Waals surface area contributed by atoms with Crippen LogP contribution in [0.15, 0.2) is 11.5 Å². The minimum Gasteiger partial charge on any atom is -0.465 e. The Morgan fingerprint density at radius 3 is 2.90 bits per heavy atom. The molecule has 0 radical (unpaired) electrons. The van der Waals surface area contributed by atoms with E-state index in [1.165, 1.54) is 19.7 Å². The second-order valence-corrected chi connectivity index (χ2v) is 4.62. The molecule has 114 valence electrons. The van der Waals surface area contributed by atoms with Crippen LogP contribution in [0.3, 0.4) is 0 Å². The molecule has 0 atom stereocenters. The van der Waals surface area contributed by atoms with E-state index >= 15 is 0 Å². The fourth-order valence-corrected chi connectivity index (χ4v) is 2.29. The number of carbonyl (C=O) groups is 1. The average molecular weight is 294 g/mol. The molecule has 4 N–H and O–H groups in total. The molecule has 1 saturated heterocycles. The Labute approximate surface area is 121 Å². The Morgan fingerprint density at radius 2 is 2.29 bits per heavy atom.